The van der Waals surface area contributed by atoms with Gasteiger partial charge >= 0.3 is 5.97 Å². The average molecular weight is 640 g/mol. The first-order valence-electron chi connectivity index (χ1n) is 11.3. The molecule has 0 fully saturated rings. The minimum atomic E-state index is -0.649. The van der Waals surface area contributed by atoms with Crippen molar-refractivity contribution in [3.63, 3.8) is 0 Å². The smallest absolute Gasteiger partial charge is 0.379 e. The van der Waals surface area contributed by atoms with Crippen LogP contribution in [0.15, 0.2) is 88.6 Å². The van der Waals surface area contributed by atoms with E-state index >= 15 is 0 Å². The van der Waals surface area contributed by atoms with E-state index in [-0.39, 0.29) is 11.5 Å². The third-order valence-corrected chi connectivity index (χ3v) is 6.62. The second kappa shape index (κ2) is 11.1. The van der Waals surface area contributed by atoms with Crippen LogP contribution in [0.25, 0.3) is 22.0 Å². The summed E-state index contributed by atoms with van der Waals surface area (Å²) in [5.41, 5.74) is 5.76. The summed E-state index contributed by atoms with van der Waals surface area (Å²) in [6.07, 6.45) is 2.84. The highest BCUT2D eigenvalue weighted by molar-refractivity contribution is 14.1. The van der Waals surface area contributed by atoms with Gasteiger partial charge in [-0.25, -0.2) is 10.2 Å². The lowest BCUT2D eigenvalue weighted by molar-refractivity contribution is 0.0696. The number of ether oxygens (including phenoxy) is 2. The maximum atomic E-state index is 13.2. The normalized spacial score (nSPS) is 11.1. The van der Waals surface area contributed by atoms with Crippen LogP contribution in [-0.4, -0.2) is 30.2 Å². The number of carbonyl (C=O) groups is 2. The molecule has 3 aromatic carbocycles. The van der Waals surface area contributed by atoms with Crippen LogP contribution in [-0.2, 0) is 0 Å². The van der Waals surface area contributed by atoms with Gasteiger partial charge in [0.25, 0.3) is 5.91 Å². The van der Waals surface area contributed by atoms with Gasteiger partial charge in [-0.15, -0.1) is 0 Å². The number of methoxy groups -OCH3 is 1. The predicted octanol–water partition coefficient (Wildman–Crippen LogP) is 6.68. The molecule has 10 heteroatoms. The van der Waals surface area contributed by atoms with E-state index in [1.807, 2.05) is 36.4 Å². The Labute approximate surface area is 235 Å². The summed E-state index contributed by atoms with van der Waals surface area (Å²) in [7, 11) is 1.45. The Morgan fingerprint density at radius 2 is 1.89 bits per heavy atom. The van der Waals surface area contributed by atoms with Gasteiger partial charge in [0, 0.05) is 30.6 Å². The fraction of sp³-hybridized carbons (Fsp3) is 0.0357. The van der Waals surface area contributed by atoms with E-state index in [2.05, 4.69) is 38.1 Å². The first-order chi connectivity index (χ1) is 18.4. The first-order valence-corrected chi connectivity index (χ1v) is 12.7. The second-order valence-corrected chi connectivity index (χ2v) is 9.67. The number of H-pyrrole nitrogens is 1. The van der Waals surface area contributed by atoms with Gasteiger partial charge in [-0.2, -0.15) is 5.10 Å². The molecule has 0 saturated carbocycles. The highest BCUT2D eigenvalue weighted by atomic mass is 127. The number of aromatic amines is 1. The van der Waals surface area contributed by atoms with Crippen LogP contribution in [0.5, 0.6) is 11.5 Å². The summed E-state index contributed by atoms with van der Waals surface area (Å²) in [6, 6.07) is 21.2. The lowest BCUT2D eigenvalue weighted by Gasteiger charge is -2.09. The summed E-state index contributed by atoms with van der Waals surface area (Å²) in [6.45, 7) is 0. The van der Waals surface area contributed by atoms with E-state index in [0.717, 1.165) is 20.0 Å². The second-order valence-electron chi connectivity index (χ2n) is 8.02. The molecule has 0 unspecified atom stereocenters. The van der Waals surface area contributed by atoms with Crippen molar-refractivity contribution >= 4 is 63.2 Å². The lowest BCUT2D eigenvalue weighted by Crippen LogP contribution is -2.19. The van der Waals surface area contributed by atoms with Crippen molar-refractivity contribution in [2.24, 2.45) is 5.10 Å². The van der Waals surface area contributed by atoms with E-state index in [4.69, 9.17) is 25.5 Å². The number of benzene rings is 3. The standard InChI is InChI=1S/C28H19ClIN3O5/c1-36-24-13-16(8-11-22(24)38-28(35)23-7-4-12-37-23)15-31-33-27(34)26-25(18-5-2-3-6-20(18)29)19-14-17(30)9-10-21(19)32-26/h2-15,32H,1H3,(H,33,34). The number of esters is 1. The van der Waals surface area contributed by atoms with Crippen LogP contribution < -0.4 is 14.9 Å². The monoisotopic (exact) mass is 639 g/mol. The molecule has 0 aliphatic heterocycles. The fourth-order valence-electron chi connectivity index (χ4n) is 3.89. The maximum Gasteiger partial charge on any atom is 0.379 e. The predicted molar refractivity (Wildman–Crippen MR) is 153 cm³/mol. The first kappa shape index (κ1) is 25.6. The van der Waals surface area contributed by atoms with Gasteiger partial charge < -0.3 is 18.9 Å². The molecule has 5 aromatic rings. The summed E-state index contributed by atoms with van der Waals surface area (Å²) < 4.78 is 16.8. The van der Waals surface area contributed by atoms with Crippen molar-refractivity contribution in [3.05, 3.63) is 105 Å². The molecule has 0 radical (unpaired) electrons. The molecule has 0 saturated heterocycles. The Bertz CT molecular complexity index is 1680. The number of nitrogens with zero attached hydrogens (tertiary/aromatic N) is 1. The number of furan rings is 1. The molecule has 2 N–H and O–H groups in total. The Kier molecular flexibility index (Phi) is 7.47. The molecule has 8 nitrogen and oxygen atoms in total. The molecular formula is C28H19ClIN3O5. The summed E-state index contributed by atoms with van der Waals surface area (Å²) in [5.74, 6) is -0.482. The molecule has 0 bridgehead atoms. The minimum Gasteiger partial charge on any atom is -0.493 e. The number of hydrogen-bond acceptors (Lipinski definition) is 6. The van der Waals surface area contributed by atoms with Gasteiger partial charge in [0.05, 0.1) is 19.6 Å². The van der Waals surface area contributed by atoms with Crippen molar-refractivity contribution in [1.29, 1.82) is 0 Å². The van der Waals surface area contributed by atoms with E-state index < -0.39 is 11.9 Å². The van der Waals surface area contributed by atoms with Crippen LogP contribution >= 0.6 is 34.2 Å². The van der Waals surface area contributed by atoms with Gasteiger partial charge in [-0.05, 0) is 82.8 Å². The Balaban J connectivity index is 1.38. The van der Waals surface area contributed by atoms with Crippen molar-refractivity contribution < 1.29 is 23.5 Å². The van der Waals surface area contributed by atoms with E-state index in [1.54, 1.807) is 30.3 Å². The molecule has 38 heavy (non-hydrogen) atoms. The molecule has 2 aromatic heterocycles. The summed E-state index contributed by atoms with van der Waals surface area (Å²) in [4.78, 5) is 28.6. The number of carbonyl (C=O) groups excluding carboxylic acids is 2. The average Bonchev–Trinajstić information content (AvgIpc) is 3.58. The van der Waals surface area contributed by atoms with Crippen molar-refractivity contribution in [1.82, 2.24) is 10.4 Å². The number of hydrogen-bond donors (Lipinski definition) is 2. The Morgan fingerprint density at radius 3 is 2.66 bits per heavy atom. The SMILES string of the molecule is COc1cc(C=NNC(=O)c2[nH]c3ccc(I)cc3c2-c2ccccc2Cl)ccc1OC(=O)c1ccco1. The van der Waals surface area contributed by atoms with E-state index in [9.17, 15) is 9.59 Å². The molecular weight excluding hydrogens is 621 g/mol. The summed E-state index contributed by atoms with van der Waals surface area (Å²) >= 11 is 8.72. The molecule has 190 valence electrons. The molecule has 0 atom stereocenters. The van der Waals surface area contributed by atoms with Crippen LogP contribution in [0.2, 0.25) is 5.02 Å². The third-order valence-electron chi connectivity index (χ3n) is 5.62. The Morgan fingerprint density at radius 1 is 1.05 bits per heavy atom. The van der Waals surface area contributed by atoms with Gasteiger partial charge in [-0.1, -0.05) is 29.8 Å². The number of amides is 1. The van der Waals surface area contributed by atoms with Crippen LogP contribution in [0, 0.1) is 3.57 Å². The lowest BCUT2D eigenvalue weighted by atomic mass is 10.0. The van der Waals surface area contributed by atoms with E-state index in [0.29, 0.717) is 27.6 Å². The number of aromatic nitrogens is 1. The fourth-order valence-corrected chi connectivity index (χ4v) is 4.61. The number of nitrogens with one attached hydrogen (secondary N) is 2. The number of fused-ring (bicyclic) bond motifs is 1. The van der Waals surface area contributed by atoms with Crippen molar-refractivity contribution in [2.75, 3.05) is 7.11 Å². The largest absolute Gasteiger partial charge is 0.493 e. The van der Waals surface area contributed by atoms with Crippen LogP contribution in [0.1, 0.15) is 26.6 Å². The molecule has 0 spiro atoms. The summed E-state index contributed by atoms with van der Waals surface area (Å²) in [5, 5.41) is 5.52. The van der Waals surface area contributed by atoms with Crippen LogP contribution in [0.4, 0.5) is 0 Å². The highest BCUT2D eigenvalue weighted by Crippen LogP contribution is 2.37. The zero-order chi connectivity index (χ0) is 26.6. The molecule has 5 rings (SSSR count). The number of hydrazone groups is 1. The quantitative estimate of drug-likeness (QED) is 0.0680. The van der Waals surface area contributed by atoms with Gasteiger partial charge in [-0.3, -0.25) is 4.79 Å². The van der Waals surface area contributed by atoms with Gasteiger partial charge in [0.2, 0.25) is 5.76 Å². The van der Waals surface area contributed by atoms with Crippen molar-refractivity contribution in [3.8, 4) is 22.6 Å². The third kappa shape index (κ3) is 5.29. The Hall–Kier alpha value is -4.09. The molecule has 2 heterocycles. The number of halogens is 2. The van der Waals surface area contributed by atoms with Crippen molar-refractivity contribution in [2.45, 2.75) is 0 Å². The van der Waals surface area contributed by atoms with Crippen LogP contribution in [0.3, 0.4) is 0 Å². The molecule has 0 aliphatic rings. The van der Waals surface area contributed by atoms with Gasteiger partial charge in [0.1, 0.15) is 5.69 Å². The highest BCUT2D eigenvalue weighted by Gasteiger charge is 2.21. The zero-order valence-corrected chi connectivity index (χ0v) is 22.7. The molecule has 0 aliphatic carbocycles. The van der Waals surface area contributed by atoms with Gasteiger partial charge in [0.15, 0.2) is 11.5 Å². The number of rotatable bonds is 7. The minimum absolute atomic E-state index is 0.0725. The van der Waals surface area contributed by atoms with E-state index in [1.165, 1.54) is 25.7 Å². The topological polar surface area (TPSA) is 106 Å². The zero-order valence-electron chi connectivity index (χ0n) is 19.8. The molecule has 1 amide bonds. The maximum absolute atomic E-state index is 13.2.